The van der Waals surface area contributed by atoms with Gasteiger partial charge < -0.3 is 0 Å². The highest BCUT2D eigenvalue weighted by atomic mass is 16.1. The first-order chi connectivity index (χ1) is 7.81. The van der Waals surface area contributed by atoms with E-state index in [2.05, 4.69) is 76.7 Å². The number of hydrogen-bond donors (Lipinski definition) is 0. The van der Waals surface area contributed by atoms with E-state index in [4.69, 9.17) is 0 Å². The van der Waals surface area contributed by atoms with E-state index in [9.17, 15) is 4.79 Å². The molecule has 0 unspecified atom stereocenters. The lowest BCUT2D eigenvalue weighted by molar-refractivity contribution is -0.104. The molecule has 0 aliphatic heterocycles. The second kappa shape index (κ2) is 3.99. The van der Waals surface area contributed by atoms with Gasteiger partial charge in [0.2, 0.25) is 0 Å². The van der Waals surface area contributed by atoms with E-state index in [1.165, 1.54) is 0 Å². The maximum atomic E-state index is 10.8. The lowest BCUT2D eigenvalue weighted by Crippen LogP contribution is -2.39. The molecule has 0 saturated heterocycles. The van der Waals surface area contributed by atoms with Crippen LogP contribution in [0.1, 0.15) is 0 Å². The van der Waals surface area contributed by atoms with Crippen molar-refractivity contribution in [3.05, 3.63) is 12.2 Å². The number of aldehydes is 1. The molecule has 0 amide bonds. The normalized spacial score (nSPS) is 30.0. The van der Waals surface area contributed by atoms with Gasteiger partial charge in [-0.25, -0.2) is 0 Å². The maximum absolute atomic E-state index is 10.8. The molecule has 1 saturated carbocycles. The van der Waals surface area contributed by atoms with Gasteiger partial charge in [-0.2, -0.15) is 0 Å². The van der Waals surface area contributed by atoms with Gasteiger partial charge in [0.1, 0.15) is 14.1 Å². The summed E-state index contributed by atoms with van der Waals surface area (Å²) in [6.45, 7) is 0. The summed E-state index contributed by atoms with van der Waals surface area (Å²) in [5, 5.41) is 0.601. The molecule has 0 radical (unpaired) electrons. The third-order valence-electron chi connectivity index (χ3n) is 7.79. The minimum absolute atomic E-state index is 0.00604. The van der Waals surface area contributed by atoms with Gasteiger partial charge in [-0.3, -0.25) is 4.79 Å². The molecule has 0 aromatic heterocycles. The van der Waals surface area contributed by atoms with Gasteiger partial charge in [0.15, 0.2) is 0 Å². The van der Waals surface area contributed by atoms with E-state index in [1.54, 1.807) is 6.08 Å². The summed E-state index contributed by atoms with van der Waals surface area (Å²) >= 11 is 0. The van der Waals surface area contributed by atoms with E-state index in [0.717, 1.165) is 6.29 Å². The smallest absolute Gasteiger partial charge is 0.142 e. The zero-order valence-corrected chi connectivity index (χ0v) is 13.6. The van der Waals surface area contributed by atoms with Crippen molar-refractivity contribution in [1.29, 1.82) is 0 Å². The van der Waals surface area contributed by atoms with Crippen LogP contribution in [0.2, 0.25) is 26.2 Å². The van der Waals surface area contributed by atoms with Crippen molar-refractivity contribution < 1.29 is 4.79 Å². The largest absolute Gasteiger partial charge is 0.299 e. The Morgan fingerprint density at radius 1 is 0.611 bits per heavy atom. The van der Waals surface area contributed by atoms with Crippen LogP contribution in [0.4, 0.5) is 0 Å². The average molecular weight is 231 g/mol. The predicted octanol–water partition coefficient (Wildman–Crippen LogP) is -6.92. The first-order valence-corrected chi connectivity index (χ1v) is 6.94. The van der Waals surface area contributed by atoms with E-state index in [0.29, 0.717) is 0 Å². The van der Waals surface area contributed by atoms with Crippen molar-refractivity contribution >= 4 is 76.9 Å². The Labute approximate surface area is 120 Å². The van der Waals surface area contributed by atoms with Crippen LogP contribution in [-0.4, -0.2) is 76.9 Å². The van der Waals surface area contributed by atoms with Gasteiger partial charge in [-0.05, 0) is 6.08 Å². The van der Waals surface area contributed by atoms with Crippen molar-refractivity contribution in [2.24, 2.45) is 0 Å². The Kier molecular flexibility index (Phi) is 3.56. The molecule has 1 rings (SSSR count). The monoisotopic (exact) mass is 232 g/mol. The highest BCUT2D eigenvalue weighted by molar-refractivity contribution is 6.71. The predicted molar refractivity (Wildman–Crippen MR) is 106 cm³/mol. The first-order valence-electron chi connectivity index (χ1n) is 6.94. The molecule has 0 spiro atoms. The van der Waals surface area contributed by atoms with Crippen LogP contribution in [0.25, 0.3) is 0 Å². The molecule has 0 N–H and O–H groups in total. The minimum atomic E-state index is -0.00604. The zero-order valence-electron chi connectivity index (χ0n) is 13.6. The van der Waals surface area contributed by atoms with Crippen LogP contribution >= 0.6 is 0 Å². The highest BCUT2D eigenvalue weighted by Crippen LogP contribution is 2.86. The molecule has 1 aliphatic carbocycles. The number of allylic oxidation sites excluding steroid dienone is 2. The van der Waals surface area contributed by atoms with E-state index < -0.39 is 0 Å². The van der Waals surface area contributed by atoms with Crippen molar-refractivity contribution in [1.82, 2.24) is 0 Å². The molecule has 1 aliphatic rings. The Hall–Kier alpha value is -0.00558. The molecule has 86 valence electrons. The van der Waals surface area contributed by atoms with Gasteiger partial charge in [-0.15, -0.1) is 10.4 Å². The third-order valence-corrected chi connectivity index (χ3v) is 7.79. The molecule has 0 aromatic carbocycles. The van der Waals surface area contributed by atoms with Crippen LogP contribution in [0, 0.1) is 0 Å². The molecule has 18 heavy (non-hydrogen) atoms. The van der Waals surface area contributed by atoms with Crippen LogP contribution in [0.15, 0.2) is 12.2 Å². The quantitative estimate of drug-likeness (QED) is 0.262. The van der Waals surface area contributed by atoms with Crippen molar-refractivity contribution in [2.45, 2.75) is 26.2 Å². The topological polar surface area (TPSA) is 17.1 Å². The molecule has 1 fully saturated rings. The minimum Gasteiger partial charge on any atom is -0.299 e. The summed E-state index contributed by atoms with van der Waals surface area (Å²) < 4.78 is 0. The van der Waals surface area contributed by atoms with Gasteiger partial charge >= 0.3 is 0 Å². The molecule has 0 heterocycles. The average Bonchev–Trinajstić information content (AvgIpc) is 2.27. The first kappa shape index (κ1) is 16.0. The van der Waals surface area contributed by atoms with Crippen molar-refractivity contribution in [3.8, 4) is 0 Å². The molecule has 0 bridgehead atoms. The fourth-order valence-corrected chi connectivity index (χ4v) is 4.29. The Morgan fingerprint density at radius 2 is 0.944 bits per heavy atom. The Bertz CT molecular complexity index is 371. The van der Waals surface area contributed by atoms with E-state index in [-0.39, 0.29) is 26.2 Å². The molecule has 0 atom stereocenters. The Morgan fingerprint density at radius 3 is 1.22 bits per heavy atom. The number of carbonyl (C=O) groups excluding carboxylic acids is 1. The molecular formula is C8H21B9O. The third kappa shape index (κ3) is 1.44. The van der Waals surface area contributed by atoms with Gasteiger partial charge in [0.25, 0.3) is 0 Å². The fourth-order valence-electron chi connectivity index (χ4n) is 4.29. The second-order valence-electron chi connectivity index (χ2n) is 8.20. The lowest BCUT2D eigenvalue weighted by atomic mass is 9.17. The summed E-state index contributed by atoms with van der Waals surface area (Å²) in [6, 6.07) is 0. The van der Waals surface area contributed by atoms with E-state index in [1.807, 2.05) is 0 Å². The Balaban J connectivity index is 3.62. The summed E-state index contributed by atoms with van der Waals surface area (Å²) in [4.78, 5) is 10.8. The summed E-state index contributed by atoms with van der Waals surface area (Å²) in [7, 11) is 21.2. The maximum Gasteiger partial charge on any atom is 0.142 e. The summed E-state index contributed by atoms with van der Waals surface area (Å²) in [6.07, 6.45) is 4.72. The molecule has 1 nitrogen and oxygen atoms in total. The standard InChI is InChI=1S/C8H21B9O/c9-4(2-1-3-18)5(10,11)7(14,15)8(16,17)6(4,12)13/h1-3H,9-17H2/b2-1+. The van der Waals surface area contributed by atoms with Crippen molar-refractivity contribution in [3.63, 3.8) is 0 Å². The van der Waals surface area contributed by atoms with Crippen molar-refractivity contribution in [2.75, 3.05) is 0 Å². The van der Waals surface area contributed by atoms with Crippen LogP contribution in [0.3, 0.4) is 0 Å². The van der Waals surface area contributed by atoms with Gasteiger partial charge in [-0.1, -0.05) is 21.8 Å². The van der Waals surface area contributed by atoms with Crippen LogP contribution in [0.5, 0.6) is 0 Å². The van der Waals surface area contributed by atoms with Crippen LogP contribution in [-0.2, 0) is 4.79 Å². The summed E-state index contributed by atoms with van der Waals surface area (Å²) in [5.41, 5.74) is 0. The van der Waals surface area contributed by atoms with Gasteiger partial charge in [0, 0.05) is 0 Å². The zero-order chi connectivity index (χ0) is 14.6. The number of hydrogen-bond acceptors (Lipinski definition) is 1. The number of rotatable bonds is 2. The van der Waals surface area contributed by atoms with Crippen LogP contribution < -0.4 is 0 Å². The SMILES string of the molecule is BC1(B)C(B)(B)C(B)(B)C(B)(/C=C/C=O)C1(B)B. The van der Waals surface area contributed by atoms with Gasteiger partial charge in [0.05, 0.1) is 62.8 Å². The number of carbonyl (C=O) groups is 1. The molecular weight excluding hydrogens is 209 g/mol. The highest BCUT2D eigenvalue weighted by Gasteiger charge is 2.69. The second-order valence-corrected chi connectivity index (χ2v) is 8.20. The van der Waals surface area contributed by atoms with E-state index >= 15 is 0 Å². The fraction of sp³-hybridized carbons (Fsp3) is 0.625. The molecule has 10 heteroatoms. The summed E-state index contributed by atoms with van der Waals surface area (Å²) in [5.74, 6) is 0. The lowest BCUT2D eigenvalue weighted by Gasteiger charge is -2.50. The molecule has 0 aromatic rings.